The van der Waals surface area contributed by atoms with Gasteiger partial charge in [0, 0.05) is 25.5 Å². The molecule has 0 aromatic carbocycles. The van der Waals surface area contributed by atoms with Crippen molar-refractivity contribution in [2.24, 2.45) is 0 Å². The van der Waals surface area contributed by atoms with E-state index in [1.54, 1.807) is 6.07 Å². The van der Waals surface area contributed by atoms with Gasteiger partial charge in [-0.25, -0.2) is 14.8 Å². The summed E-state index contributed by atoms with van der Waals surface area (Å²) in [6.07, 6.45) is 5.21. The molecule has 4 rings (SSSR count). The number of carbonyl (C=O) groups excluding carboxylic acids is 2. The van der Waals surface area contributed by atoms with E-state index in [4.69, 9.17) is 0 Å². The van der Waals surface area contributed by atoms with Crippen molar-refractivity contribution in [2.45, 2.75) is 12.5 Å². The maximum atomic E-state index is 12.7. The van der Waals surface area contributed by atoms with Gasteiger partial charge in [0.2, 0.25) is 0 Å². The molecule has 2 amide bonds. The van der Waals surface area contributed by atoms with Crippen LogP contribution < -0.4 is 39.1 Å². The summed E-state index contributed by atoms with van der Waals surface area (Å²) in [5, 5.41) is 13.8. The molecule has 2 aromatic rings. The van der Waals surface area contributed by atoms with E-state index >= 15 is 0 Å². The van der Waals surface area contributed by atoms with Crippen molar-refractivity contribution < 1.29 is 33.6 Å². The average Bonchev–Trinajstić information content (AvgIpc) is 3.00. The number of amides is 2. The fourth-order valence-electron chi connectivity index (χ4n) is 3.12. The van der Waals surface area contributed by atoms with E-state index in [1.807, 2.05) is 0 Å². The number of pyridine rings is 1. The van der Waals surface area contributed by atoms with Gasteiger partial charge in [0.1, 0.15) is 0 Å². The second kappa shape index (κ2) is 6.70. The summed E-state index contributed by atoms with van der Waals surface area (Å²) >= 11 is 0. The number of carboxylic acid groups (broad SMARTS) is 1. The number of aromatic nitrogens is 3. The first-order valence-electron chi connectivity index (χ1n) is 7.47. The van der Waals surface area contributed by atoms with E-state index in [-0.39, 0.29) is 30.6 Å². The van der Waals surface area contributed by atoms with E-state index in [1.165, 1.54) is 29.6 Å². The van der Waals surface area contributed by atoms with Crippen LogP contribution in [0.15, 0.2) is 30.7 Å². The number of rotatable bonds is 2. The number of nitrogens with zero attached hydrogens (tertiary/aromatic N) is 5. The molecule has 0 spiro atoms. The van der Waals surface area contributed by atoms with Crippen molar-refractivity contribution >= 4 is 29.3 Å². The monoisotopic (exact) mass is 332 g/mol. The number of anilines is 3. The summed E-state index contributed by atoms with van der Waals surface area (Å²) < 4.78 is 0. The Balaban J connectivity index is 0.00000182. The molecule has 2 aliphatic heterocycles. The largest absolute Gasteiger partial charge is 1.00 e. The van der Waals surface area contributed by atoms with E-state index in [2.05, 4.69) is 25.2 Å². The Kier molecular flexibility index (Phi) is 4.61. The molecule has 0 radical (unpaired) electrons. The Morgan fingerprint density at radius 1 is 1.28 bits per heavy atom. The zero-order chi connectivity index (χ0) is 16.7. The second-order valence-electron chi connectivity index (χ2n) is 5.61. The standard InChI is InChI=1S/C15H14N6O3.Li/c22-14(23)10-1-2-11-13(18-10)21(9-3-6-20(11)8-9)15(24)19-12-7-16-4-5-17-12;/h1-2,4-5,7,9H,3,6,8H2,(H,22,23)(H,17,19,24);/q;+1/p-1/t9-;/m0./s1. The third kappa shape index (κ3) is 3.04. The number of carbonyl (C=O) groups is 2. The van der Waals surface area contributed by atoms with Crippen molar-refractivity contribution in [2.75, 3.05) is 28.2 Å². The number of fused-ring (bicyclic) bond motifs is 4. The number of hydrogen-bond acceptors (Lipinski definition) is 7. The third-order valence-electron chi connectivity index (χ3n) is 4.18. The minimum absolute atomic E-state index is 0. The van der Waals surface area contributed by atoms with Gasteiger partial charge in [-0.3, -0.25) is 15.2 Å². The van der Waals surface area contributed by atoms with Crippen LogP contribution in [0.1, 0.15) is 16.9 Å². The third-order valence-corrected chi connectivity index (χ3v) is 4.18. The summed E-state index contributed by atoms with van der Waals surface area (Å²) in [5.41, 5.74) is 0.539. The molecule has 2 aliphatic rings. The molecular weight excluding hydrogens is 319 g/mol. The van der Waals surface area contributed by atoms with Gasteiger partial charge in [-0.15, -0.1) is 0 Å². The maximum absolute atomic E-state index is 12.7. The topological polar surface area (TPSA) is 114 Å². The number of hydrogen-bond donors (Lipinski definition) is 1. The molecule has 2 aromatic heterocycles. The molecule has 1 atom stereocenters. The molecule has 122 valence electrons. The van der Waals surface area contributed by atoms with Crippen LogP contribution in [0, 0.1) is 0 Å². The molecule has 4 heterocycles. The smallest absolute Gasteiger partial charge is 0.543 e. The van der Waals surface area contributed by atoms with Crippen molar-refractivity contribution in [3.63, 3.8) is 0 Å². The summed E-state index contributed by atoms with van der Waals surface area (Å²) in [6.45, 7) is 1.48. The molecular formula is C15H13LiN6O3. The van der Waals surface area contributed by atoms with Crippen molar-refractivity contribution in [1.82, 2.24) is 15.0 Å². The van der Waals surface area contributed by atoms with Crippen LogP contribution in [-0.4, -0.2) is 46.1 Å². The van der Waals surface area contributed by atoms with Crippen LogP contribution in [0.4, 0.5) is 22.1 Å². The molecule has 1 N–H and O–H groups in total. The SMILES string of the molecule is O=C([O-])c1ccc2c(n1)N(C(=O)Nc1cnccn1)[C@H]1CCN2C1.[Li+]. The van der Waals surface area contributed by atoms with Gasteiger partial charge in [-0.2, -0.15) is 0 Å². The molecule has 10 heteroatoms. The van der Waals surface area contributed by atoms with Gasteiger partial charge in [0.25, 0.3) is 0 Å². The van der Waals surface area contributed by atoms with Crippen LogP contribution in [0.5, 0.6) is 0 Å². The van der Waals surface area contributed by atoms with Gasteiger partial charge in [-0.1, -0.05) is 0 Å². The first kappa shape index (κ1) is 17.2. The van der Waals surface area contributed by atoms with Crippen LogP contribution in [0.2, 0.25) is 0 Å². The molecule has 1 fully saturated rings. The maximum Gasteiger partial charge on any atom is 1.00 e. The van der Waals surface area contributed by atoms with Gasteiger partial charge in [-0.05, 0) is 18.6 Å². The Labute approximate surface area is 155 Å². The Bertz CT molecular complexity index is 818. The molecule has 1 saturated heterocycles. The Morgan fingerprint density at radius 2 is 2.12 bits per heavy atom. The van der Waals surface area contributed by atoms with E-state index in [0.29, 0.717) is 18.2 Å². The quantitative estimate of drug-likeness (QED) is 0.578. The van der Waals surface area contributed by atoms with E-state index < -0.39 is 12.0 Å². The summed E-state index contributed by atoms with van der Waals surface area (Å²) in [7, 11) is 0. The number of nitrogens with one attached hydrogen (secondary N) is 1. The first-order chi connectivity index (χ1) is 11.6. The summed E-state index contributed by atoms with van der Waals surface area (Å²) in [6, 6.07) is 2.58. The van der Waals surface area contributed by atoms with Crippen LogP contribution in [0.25, 0.3) is 0 Å². The van der Waals surface area contributed by atoms with Crippen LogP contribution in [-0.2, 0) is 0 Å². The van der Waals surface area contributed by atoms with Gasteiger partial charge >= 0.3 is 24.9 Å². The van der Waals surface area contributed by atoms with Gasteiger partial charge in [0.15, 0.2) is 11.6 Å². The molecule has 9 nitrogen and oxygen atoms in total. The van der Waals surface area contributed by atoms with Crippen molar-refractivity contribution in [3.05, 3.63) is 36.4 Å². The second-order valence-corrected chi connectivity index (χ2v) is 5.61. The number of aromatic carboxylic acids is 1. The zero-order valence-corrected chi connectivity index (χ0v) is 13.5. The molecule has 0 aliphatic carbocycles. The van der Waals surface area contributed by atoms with Crippen LogP contribution >= 0.6 is 0 Å². The molecule has 0 unspecified atom stereocenters. The number of carboxylic acids is 1. The van der Waals surface area contributed by atoms with Gasteiger partial charge in [0.05, 0.1) is 29.6 Å². The van der Waals surface area contributed by atoms with Crippen LogP contribution in [0.3, 0.4) is 0 Å². The zero-order valence-electron chi connectivity index (χ0n) is 13.5. The fourth-order valence-corrected chi connectivity index (χ4v) is 3.12. The average molecular weight is 332 g/mol. The molecule has 0 saturated carbocycles. The minimum atomic E-state index is -1.37. The summed E-state index contributed by atoms with van der Waals surface area (Å²) in [5.74, 6) is -0.729. The minimum Gasteiger partial charge on any atom is -0.543 e. The predicted molar refractivity (Wildman–Crippen MR) is 82.7 cm³/mol. The Morgan fingerprint density at radius 3 is 2.84 bits per heavy atom. The first-order valence-corrected chi connectivity index (χ1v) is 7.47. The fraction of sp³-hybridized carbons (Fsp3) is 0.267. The van der Waals surface area contributed by atoms with Crippen molar-refractivity contribution in [3.8, 4) is 0 Å². The summed E-state index contributed by atoms with van der Waals surface area (Å²) in [4.78, 5) is 39.5. The van der Waals surface area contributed by atoms with Crippen molar-refractivity contribution in [1.29, 1.82) is 0 Å². The molecule has 2 bridgehead atoms. The van der Waals surface area contributed by atoms with E-state index in [0.717, 1.165) is 18.7 Å². The normalized spacial score (nSPS) is 17.5. The molecule has 25 heavy (non-hydrogen) atoms. The number of urea groups is 1. The van der Waals surface area contributed by atoms with Gasteiger partial charge < -0.3 is 14.8 Å². The Hall–Kier alpha value is -2.63. The predicted octanol–water partition coefficient (Wildman–Crippen LogP) is -3.13. The van der Waals surface area contributed by atoms with E-state index in [9.17, 15) is 14.7 Å².